The zero-order valence-electron chi connectivity index (χ0n) is 10.7. The molecule has 0 aliphatic rings. The summed E-state index contributed by atoms with van der Waals surface area (Å²) in [6, 6.07) is 10.7. The van der Waals surface area contributed by atoms with Crippen molar-refractivity contribution in [3.63, 3.8) is 0 Å². The molecule has 2 heterocycles. The van der Waals surface area contributed by atoms with Crippen LogP contribution in [0.4, 0.5) is 0 Å². The first-order valence-electron chi connectivity index (χ1n) is 6.16. The van der Waals surface area contributed by atoms with Gasteiger partial charge in [-0.1, -0.05) is 23.7 Å². The van der Waals surface area contributed by atoms with E-state index in [1.165, 1.54) is 6.07 Å². The Morgan fingerprint density at radius 1 is 1.30 bits per heavy atom. The number of benzene rings is 1. The van der Waals surface area contributed by atoms with Gasteiger partial charge in [0.15, 0.2) is 0 Å². The lowest BCUT2D eigenvalue weighted by atomic mass is 10.2. The number of furan rings is 1. The van der Waals surface area contributed by atoms with Gasteiger partial charge in [-0.2, -0.15) is 0 Å². The minimum atomic E-state index is -1.07. The molecule has 102 valence electrons. The molecule has 0 aliphatic carbocycles. The molecular weight excluding hydrogens is 278 g/mol. The Bertz CT molecular complexity index is 787. The second-order valence-electron chi connectivity index (χ2n) is 4.58. The summed E-state index contributed by atoms with van der Waals surface area (Å²) >= 11 is 6.25. The van der Waals surface area contributed by atoms with Crippen molar-refractivity contribution in [2.75, 3.05) is 0 Å². The SMILES string of the molecule is CC(c1ccc(C(=O)O)o1)n1ccc2cccc(Cl)c21. The van der Waals surface area contributed by atoms with Crippen LogP contribution in [0.15, 0.2) is 47.0 Å². The van der Waals surface area contributed by atoms with E-state index in [9.17, 15) is 4.79 Å². The van der Waals surface area contributed by atoms with Gasteiger partial charge in [0, 0.05) is 11.6 Å². The van der Waals surface area contributed by atoms with Crippen LogP contribution in [0, 0.1) is 0 Å². The highest BCUT2D eigenvalue weighted by Crippen LogP contribution is 2.30. The number of carboxylic acid groups (broad SMARTS) is 1. The molecule has 3 rings (SSSR count). The molecule has 1 atom stereocenters. The predicted molar refractivity (Wildman–Crippen MR) is 76.4 cm³/mol. The van der Waals surface area contributed by atoms with Crippen LogP contribution in [-0.2, 0) is 0 Å². The molecule has 4 nitrogen and oxygen atoms in total. The maximum atomic E-state index is 10.9. The average Bonchev–Trinajstić information content (AvgIpc) is 3.05. The first kappa shape index (κ1) is 12.8. The quantitative estimate of drug-likeness (QED) is 0.786. The van der Waals surface area contributed by atoms with Gasteiger partial charge in [-0.3, -0.25) is 0 Å². The summed E-state index contributed by atoms with van der Waals surface area (Å²) in [5, 5.41) is 10.6. The van der Waals surface area contributed by atoms with Crippen LogP contribution in [0.5, 0.6) is 0 Å². The maximum Gasteiger partial charge on any atom is 0.371 e. The highest BCUT2D eigenvalue weighted by atomic mass is 35.5. The van der Waals surface area contributed by atoms with Gasteiger partial charge >= 0.3 is 5.97 Å². The van der Waals surface area contributed by atoms with Crippen molar-refractivity contribution in [1.29, 1.82) is 0 Å². The van der Waals surface area contributed by atoms with Crippen molar-refractivity contribution in [2.24, 2.45) is 0 Å². The Hall–Kier alpha value is -2.20. The molecular formula is C15H12ClNO3. The summed E-state index contributed by atoms with van der Waals surface area (Å²) < 4.78 is 7.33. The molecule has 5 heteroatoms. The zero-order chi connectivity index (χ0) is 14.3. The smallest absolute Gasteiger partial charge is 0.371 e. The number of halogens is 1. The fourth-order valence-electron chi connectivity index (χ4n) is 2.33. The van der Waals surface area contributed by atoms with Gasteiger partial charge in [0.05, 0.1) is 16.6 Å². The maximum absolute atomic E-state index is 10.9. The molecule has 0 spiro atoms. The second kappa shape index (κ2) is 4.72. The van der Waals surface area contributed by atoms with Crippen molar-refractivity contribution in [3.05, 3.63) is 59.1 Å². The molecule has 0 radical (unpaired) electrons. The highest BCUT2D eigenvalue weighted by Gasteiger charge is 2.17. The number of nitrogens with zero attached hydrogens (tertiary/aromatic N) is 1. The van der Waals surface area contributed by atoms with Crippen molar-refractivity contribution in [1.82, 2.24) is 4.57 Å². The van der Waals surface area contributed by atoms with Crippen LogP contribution < -0.4 is 0 Å². The second-order valence-corrected chi connectivity index (χ2v) is 4.99. The number of aromatic nitrogens is 1. The number of rotatable bonds is 3. The summed E-state index contributed by atoms with van der Waals surface area (Å²) in [4.78, 5) is 10.9. The molecule has 1 aromatic carbocycles. The van der Waals surface area contributed by atoms with E-state index in [4.69, 9.17) is 21.1 Å². The normalized spacial score (nSPS) is 12.7. The average molecular weight is 290 g/mol. The van der Waals surface area contributed by atoms with E-state index in [0.29, 0.717) is 10.8 Å². The van der Waals surface area contributed by atoms with Gasteiger partial charge in [0.1, 0.15) is 5.76 Å². The topological polar surface area (TPSA) is 55.4 Å². The van der Waals surface area contributed by atoms with Crippen LogP contribution in [0.2, 0.25) is 5.02 Å². The van der Waals surface area contributed by atoms with Crippen LogP contribution in [0.1, 0.15) is 29.3 Å². The molecule has 0 fully saturated rings. The Kier molecular flexibility index (Phi) is 3.03. The summed E-state index contributed by atoms with van der Waals surface area (Å²) in [7, 11) is 0. The van der Waals surface area contributed by atoms with E-state index in [2.05, 4.69) is 0 Å². The van der Waals surface area contributed by atoms with Gasteiger partial charge in [0.25, 0.3) is 0 Å². The van der Waals surface area contributed by atoms with E-state index in [1.807, 2.05) is 42.0 Å². The Morgan fingerprint density at radius 2 is 2.10 bits per heavy atom. The molecule has 0 aliphatic heterocycles. The lowest BCUT2D eigenvalue weighted by molar-refractivity contribution is 0.0659. The monoisotopic (exact) mass is 289 g/mol. The van der Waals surface area contributed by atoms with E-state index in [1.54, 1.807) is 6.07 Å². The molecule has 0 amide bonds. The molecule has 0 bridgehead atoms. The molecule has 3 aromatic rings. The third kappa shape index (κ3) is 1.98. The molecule has 0 saturated carbocycles. The first-order valence-corrected chi connectivity index (χ1v) is 6.54. The van der Waals surface area contributed by atoms with Gasteiger partial charge in [-0.05, 0) is 31.2 Å². The first-order chi connectivity index (χ1) is 9.58. The third-order valence-electron chi connectivity index (χ3n) is 3.36. The molecule has 2 aromatic heterocycles. The van der Waals surface area contributed by atoms with Crippen LogP contribution in [0.25, 0.3) is 10.9 Å². The summed E-state index contributed by atoms with van der Waals surface area (Å²) in [6.07, 6.45) is 1.92. The number of carboxylic acids is 1. The highest BCUT2D eigenvalue weighted by molar-refractivity contribution is 6.35. The van der Waals surface area contributed by atoms with Crippen LogP contribution >= 0.6 is 11.6 Å². The van der Waals surface area contributed by atoms with E-state index in [0.717, 1.165) is 10.9 Å². The molecule has 0 saturated heterocycles. The fraction of sp³-hybridized carbons (Fsp3) is 0.133. The molecule has 20 heavy (non-hydrogen) atoms. The Morgan fingerprint density at radius 3 is 2.80 bits per heavy atom. The van der Waals surface area contributed by atoms with E-state index in [-0.39, 0.29) is 11.8 Å². The number of hydrogen-bond donors (Lipinski definition) is 1. The van der Waals surface area contributed by atoms with Gasteiger partial charge in [0.2, 0.25) is 5.76 Å². The van der Waals surface area contributed by atoms with Gasteiger partial charge in [-0.15, -0.1) is 0 Å². The Balaban J connectivity index is 2.07. The number of carbonyl (C=O) groups is 1. The number of fused-ring (bicyclic) bond motifs is 1. The zero-order valence-corrected chi connectivity index (χ0v) is 11.5. The van der Waals surface area contributed by atoms with Gasteiger partial charge in [-0.25, -0.2) is 4.79 Å². The largest absolute Gasteiger partial charge is 0.475 e. The van der Waals surface area contributed by atoms with Crippen molar-refractivity contribution >= 4 is 28.5 Å². The number of aromatic carboxylic acids is 1. The summed E-state index contributed by atoms with van der Waals surface area (Å²) in [6.45, 7) is 1.94. The van der Waals surface area contributed by atoms with Crippen molar-refractivity contribution in [3.8, 4) is 0 Å². The Labute approximate surface area is 120 Å². The minimum absolute atomic E-state index is 0.0607. The lowest BCUT2D eigenvalue weighted by Crippen LogP contribution is -2.04. The minimum Gasteiger partial charge on any atom is -0.475 e. The standard InChI is InChI=1S/C15H12ClNO3/c1-9(12-5-6-13(20-12)15(18)19)17-8-7-10-3-2-4-11(16)14(10)17/h2-9H,1H3,(H,18,19). The van der Waals surface area contributed by atoms with Crippen molar-refractivity contribution in [2.45, 2.75) is 13.0 Å². The molecule has 1 unspecified atom stereocenters. The fourth-order valence-corrected chi connectivity index (χ4v) is 2.61. The van der Waals surface area contributed by atoms with Crippen molar-refractivity contribution < 1.29 is 14.3 Å². The predicted octanol–water partition coefficient (Wildman–Crippen LogP) is 4.20. The van der Waals surface area contributed by atoms with Crippen LogP contribution in [0.3, 0.4) is 0 Å². The molecule has 1 N–H and O–H groups in total. The third-order valence-corrected chi connectivity index (χ3v) is 3.66. The lowest BCUT2D eigenvalue weighted by Gasteiger charge is -2.13. The van der Waals surface area contributed by atoms with E-state index < -0.39 is 5.97 Å². The summed E-state index contributed by atoms with van der Waals surface area (Å²) in [5.41, 5.74) is 0.912. The van der Waals surface area contributed by atoms with Gasteiger partial charge < -0.3 is 14.1 Å². The van der Waals surface area contributed by atoms with E-state index >= 15 is 0 Å². The number of hydrogen-bond acceptors (Lipinski definition) is 2. The van der Waals surface area contributed by atoms with Crippen LogP contribution in [-0.4, -0.2) is 15.6 Å². The summed E-state index contributed by atoms with van der Waals surface area (Å²) in [5.74, 6) is -0.548. The number of para-hydroxylation sites is 1.